The van der Waals surface area contributed by atoms with Crippen LogP contribution < -0.4 is 0 Å². The molecular formula is C14H15N3O3. The molecule has 1 aromatic heterocycles. The number of hydrogen-bond acceptors (Lipinski definition) is 5. The van der Waals surface area contributed by atoms with Crippen LogP contribution >= 0.6 is 0 Å². The van der Waals surface area contributed by atoms with Gasteiger partial charge in [-0.25, -0.2) is 4.98 Å². The Bertz CT molecular complexity index is 592. The van der Waals surface area contributed by atoms with Crippen LogP contribution in [0, 0.1) is 24.2 Å². The van der Waals surface area contributed by atoms with Gasteiger partial charge in [0.05, 0.1) is 24.3 Å². The second-order valence-corrected chi connectivity index (χ2v) is 4.70. The Morgan fingerprint density at radius 1 is 1.50 bits per heavy atom. The fraction of sp³-hybridized carbons (Fsp3) is 0.429. The number of esters is 1. The normalized spacial score (nSPS) is 17.6. The summed E-state index contributed by atoms with van der Waals surface area (Å²) < 4.78 is 4.69. The van der Waals surface area contributed by atoms with Crippen molar-refractivity contribution < 1.29 is 14.3 Å². The number of nitrogens with zero attached hydrogens (tertiary/aromatic N) is 3. The molecule has 1 fully saturated rings. The van der Waals surface area contributed by atoms with Gasteiger partial charge in [-0.05, 0) is 25.5 Å². The zero-order valence-electron chi connectivity index (χ0n) is 11.4. The van der Waals surface area contributed by atoms with Crippen molar-refractivity contribution in [1.29, 1.82) is 5.26 Å². The van der Waals surface area contributed by atoms with Crippen LogP contribution in [0.4, 0.5) is 0 Å². The van der Waals surface area contributed by atoms with Gasteiger partial charge in [0.2, 0.25) is 0 Å². The molecular weight excluding hydrogens is 258 g/mol. The number of ether oxygens (including phenoxy) is 1. The van der Waals surface area contributed by atoms with E-state index in [1.165, 1.54) is 7.11 Å². The van der Waals surface area contributed by atoms with Crippen LogP contribution in [0.1, 0.15) is 28.2 Å². The number of carbonyl (C=O) groups is 2. The van der Waals surface area contributed by atoms with E-state index in [4.69, 9.17) is 5.26 Å². The van der Waals surface area contributed by atoms with Crippen LogP contribution in [0.5, 0.6) is 0 Å². The molecule has 6 heteroatoms. The highest BCUT2D eigenvalue weighted by Gasteiger charge is 2.32. The minimum atomic E-state index is -0.288. The maximum atomic E-state index is 12.3. The van der Waals surface area contributed by atoms with E-state index in [1.807, 2.05) is 6.07 Å². The number of pyridine rings is 1. The third-order valence-corrected chi connectivity index (χ3v) is 3.44. The first kappa shape index (κ1) is 14.0. The fourth-order valence-electron chi connectivity index (χ4n) is 2.26. The molecule has 0 spiro atoms. The van der Waals surface area contributed by atoms with E-state index in [-0.39, 0.29) is 17.8 Å². The van der Waals surface area contributed by atoms with Crippen LogP contribution in [0.3, 0.4) is 0 Å². The minimum absolute atomic E-state index is 0.219. The zero-order chi connectivity index (χ0) is 14.7. The fourth-order valence-corrected chi connectivity index (χ4v) is 2.26. The Labute approximate surface area is 117 Å². The number of nitriles is 1. The molecule has 0 aromatic carbocycles. The summed E-state index contributed by atoms with van der Waals surface area (Å²) in [5, 5.41) is 8.85. The minimum Gasteiger partial charge on any atom is -0.469 e. The molecule has 20 heavy (non-hydrogen) atoms. The molecule has 2 heterocycles. The molecule has 0 aliphatic carbocycles. The number of carbonyl (C=O) groups excluding carboxylic acids is 2. The molecule has 1 aliphatic heterocycles. The Balaban J connectivity index is 2.11. The van der Waals surface area contributed by atoms with Gasteiger partial charge in [-0.3, -0.25) is 9.59 Å². The highest BCUT2D eigenvalue weighted by atomic mass is 16.5. The first-order chi connectivity index (χ1) is 9.56. The van der Waals surface area contributed by atoms with Gasteiger partial charge in [-0.2, -0.15) is 5.26 Å². The van der Waals surface area contributed by atoms with Crippen LogP contribution in [0.2, 0.25) is 0 Å². The largest absolute Gasteiger partial charge is 0.469 e. The van der Waals surface area contributed by atoms with Crippen molar-refractivity contribution in [2.24, 2.45) is 5.92 Å². The van der Waals surface area contributed by atoms with E-state index in [0.717, 1.165) is 0 Å². The van der Waals surface area contributed by atoms with E-state index in [1.54, 1.807) is 24.0 Å². The van der Waals surface area contributed by atoms with Gasteiger partial charge < -0.3 is 9.64 Å². The Morgan fingerprint density at radius 2 is 2.25 bits per heavy atom. The lowest BCUT2D eigenvalue weighted by atomic mass is 10.1. The summed E-state index contributed by atoms with van der Waals surface area (Å²) in [4.78, 5) is 29.5. The molecule has 1 aromatic rings. The molecule has 1 amide bonds. The molecule has 1 aliphatic rings. The van der Waals surface area contributed by atoms with Crippen LogP contribution in [0.25, 0.3) is 0 Å². The standard InChI is InChI=1S/C14H15N3O3/c1-9-10(7-15)3-4-12(16-9)13(18)17-6-5-11(8-17)14(19)20-2/h3-4,11H,5-6,8H2,1-2H3. The predicted octanol–water partition coefficient (Wildman–Crippen LogP) is 0.897. The molecule has 104 valence electrons. The van der Waals surface area contributed by atoms with E-state index < -0.39 is 0 Å². The van der Waals surface area contributed by atoms with Gasteiger partial charge >= 0.3 is 5.97 Å². The van der Waals surface area contributed by atoms with Crippen molar-refractivity contribution in [3.63, 3.8) is 0 Å². The quantitative estimate of drug-likeness (QED) is 0.747. The molecule has 1 atom stereocenters. The van der Waals surface area contributed by atoms with Crippen LogP contribution in [0.15, 0.2) is 12.1 Å². The summed E-state index contributed by atoms with van der Waals surface area (Å²) in [5.74, 6) is -0.767. The van der Waals surface area contributed by atoms with Crippen molar-refractivity contribution in [2.75, 3.05) is 20.2 Å². The number of aryl methyl sites for hydroxylation is 1. The number of amides is 1. The van der Waals surface area contributed by atoms with Gasteiger partial charge in [0, 0.05) is 13.1 Å². The van der Waals surface area contributed by atoms with E-state index in [9.17, 15) is 9.59 Å². The van der Waals surface area contributed by atoms with E-state index >= 15 is 0 Å². The maximum absolute atomic E-state index is 12.3. The highest BCUT2D eigenvalue weighted by Crippen LogP contribution is 2.19. The van der Waals surface area contributed by atoms with Gasteiger partial charge in [0.25, 0.3) is 5.91 Å². The summed E-state index contributed by atoms with van der Waals surface area (Å²) in [5.41, 5.74) is 1.28. The first-order valence-corrected chi connectivity index (χ1v) is 6.31. The smallest absolute Gasteiger partial charge is 0.310 e. The Kier molecular flexibility index (Phi) is 3.99. The highest BCUT2D eigenvalue weighted by molar-refractivity contribution is 5.93. The molecule has 0 radical (unpaired) electrons. The number of likely N-dealkylation sites (tertiary alicyclic amines) is 1. The number of hydrogen-bond donors (Lipinski definition) is 0. The average molecular weight is 273 g/mol. The summed E-state index contributed by atoms with van der Waals surface area (Å²) >= 11 is 0. The Hall–Kier alpha value is -2.42. The van der Waals surface area contributed by atoms with E-state index in [0.29, 0.717) is 36.5 Å². The molecule has 1 unspecified atom stereocenters. The monoisotopic (exact) mass is 273 g/mol. The summed E-state index contributed by atoms with van der Waals surface area (Å²) in [6, 6.07) is 5.14. The molecule has 0 bridgehead atoms. The third-order valence-electron chi connectivity index (χ3n) is 3.44. The van der Waals surface area contributed by atoms with Crippen molar-refractivity contribution in [2.45, 2.75) is 13.3 Å². The number of rotatable bonds is 2. The van der Waals surface area contributed by atoms with E-state index in [2.05, 4.69) is 9.72 Å². The third kappa shape index (κ3) is 2.62. The molecule has 0 saturated carbocycles. The SMILES string of the molecule is COC(=O)C1CCN(C(=O)c2ccc(C#N)c(C)n2)C1. The van der Waals surface area contributed by atoms with Crippen molar-refractivity contribution in [1.82, 2.24) is 9.88 Å². The number of aromatic nitrogens is 1. The zero-order valence-corrected chi connectivity index (χ0v) is 11.4. The molecule has 0 N–H and O–H groups in total. The Morgan fingerprint density at radius 3 is 2.85 bits per heavy atom. The van der Waals surface area contributed by atoms with Gasteiger partial charge in [0.1, 0.15) is 11.8 Å². The van der Waals surface area contributed by atoms with Crippen molar-refractivity contribution in [3.8, 4) is 6.07 Å². The topological polar surface area (TPSA) is 83.3 Å². The molecule has 6 nitrogen and oxygen atoms in total. The first-order valence-electron chi connectivity index (χ1n) is 6.31. The lowest BCUT2D eigenvalue weighted by Gasteiger charge is -2.15. The predicted molar refractivity (Wildman–Crippen MR) is 69.7 cm³/mol. The second-order valence-electron chi connectivity index (χ2n) is 4.70. The van der Waals surface area contributed by atoms with Gasteiger partial charge in [-0.15, -0.1) is 0 Å². The number of methoxy groups -OCH3 is 1. The van der Waals surface area contributed by atoms with Gasteiger partial charge in [-0.1, -0.05) is 0 Å². The van der Waals surface area contributed by atoms with Crippen LogP contribution in [-0.2, 0) is 9.53 Å². The second kappa shape index (κ2) is 5.70. The lowest BCUT2D eigenvalue weighted by Crippen LogP contribution is -2.31. The van der Waals surface area contributed by atoms with Crippen molar-refractivity contribution in [3.05, 3.63) is 29.1 Å². The van der Waals surface area contributed by atoms with Gasteiger partial charge in [0.15, 0.2) is 0 Å². The summed E-state index contributed by atoms with van der Waals surface area (Å²) in [6.07, 6.45) is 0.605. The van der Waals surface area contributed by atoms with Crippen molar-refractivity contribution >= 4 is 11.9 Å². The average Bonchev–Trinajstić information content (AvgIpc) is 2.95. The summed E-state index contributed by atoms with van der Waals surface area (Å²) in [6.45, 7) is 2.56. The van der Waals surface area contributed by atoms with Crippen LogP contribution in [-0.4, -0.2) is 42.0 Å². The lowest BCUT2D eigenvalue weighted by molar-refractivity contribution is -0.144. The summed E-state index contributed by atoms with van der Waals surface area (Å²) in [7, 11) is 1.35. The molecule has 1 saturated heterocycles. The maximum Gasteiger partial charge on any atom is 0.310 e. The molecule has 2 rings (SSSR count).